The number of nitrogens with two attached hydrogens (primary N) is 2. The molecule has 0 aliphatic carbocycles. The van der Waals surface area contributed by atoms with E-state index in [2.05, 4.69) is 48.8 Å². The monoisotopic (exact) mass is 675 g/mol. The van der Waals surface area contributed by atoms with E-state index in [0.717, 1.165) is 64.7 Å². The number of rotatable bonds is 39. The van der Waals surface area contributed by atoms with E-state index >= 15 is 0 Å². The molecule has 0 aromatic heterocycles. The molecule has 282 valence electrons. The summed E-state index contributed by atoms with van der Waals surface area (Å²) in [6.45, 7) is 7.82. The normalized spacial score (nSPS) is 13.1. The standard InChI is InChI=1S/C42H82N4O2/c1-3-5-7-9-11-13-15-17-19-21-23-25-27-29-31-39(41(43)47)33-35-45-37-38-46-36-34-40(42(44)48)32-30-28-26-24-22-20-18-16-14-12-10-8-6-4-2/h17-20,39-40,45-46H,3-16,21-38H2,1-2H3,(H2,43,47)(H2,44,48)/b19-17-,20-18-. The van der Waals surface area contributed by atoms with E-state index in [1.54, 1.807) is 0 Å². The van der Waals surface area contributed by atoms with Gasteiger partial charge < -0.3 is 22.1 Å². The smallest absolute Gasteiger partial charge is 0.220 e. The molecule has 2 atom stereocenters. The first-order chi connectivity index (χ1) is 23.5. The minimum Gasteiger partial charge on any atom is -0.369 e. The van der Waals surface area contributed by atoms with Crippen LogP contribution in [-0.2, 0) is 9.59 Å². The Morgan fingerprint density at radius 3 is 1.02 bits per heavy atom. The minimum absolute atomic E-state index is 0.0367. The molecule has 0 aliphatic rings. The van der Waals surface area contributed by atoms with Crippen LogP contribution < -0.4 is 22.1 Å². The summed E-state index contributed by atoms with van der Waals surface area (Å²) in [7, 11) is 0. The number of carbonyl (C=O) groups excluding carboxylic acids is 2. The Morgan fingerprint density at radius 1 is 0.417 bits per heavy atom. The van der Waals surface area contributed by atoms with Crippen molar-refractivity contribution in [1.82, 2.24) is 10.6 Å². The van der Waals surface area contributed by atoms with Gasteiger partial charge in [-0.3, -0.25) is 9.59 Å². The van der Waals surface area contributed by atoms with Gasteiger partial charge in [-0.2, -0.15) is 0 Å². The fourth-order valence-electron chi connectivity index (χ4n) is 6.41. The van der Waals surface area contributed by atoms with Crippen LogP contribution in [0.25, 0.3) is 0 Å². The molecule has 0 spiro atoms. The number of allylic oxidation sites excluding steroid dienone is 4. The average Bonchev–Trinajstić information content (AvgIpc) is 3.07. The molecule has 0 rings (SSSR count). The van der Waals surface area contributed by atoms with Crippen LogP contribution in [0.3, 0.4) is 0 Å². The summed E-state index contributed by atoms with van der Waals surface area (Å²) in [4.78, 5) is 23.9. The zero-order chi connectivity index (χ0) is 35.2. The molecule has 2 unspecified atom stereocenters. The Bertz CT molecular complexity index is 692. The summed E-state index contributed by atoms with van der Waals surface area (Å²) in [6, 6.07) is 0. The fourth-order valence-corrected chi connectivity index (χ4v) is 6.41. The molecule has 6 N–H and O–H groups in total. The Hall–Kier alpha value is -1.66. The third-order valence-electron chi connectivity index (χ3n) is 9.75. The fraction of sp³-hybridized carbons (Fsp3) is 0.857. The summed E-state index contributed by atoms with van der Waals surface area (Å²) in [5.41, 5.74) is 11.4. The highest BCUT2D eigenvalue weighted by Crippen LogP contribution is 2.16. The molecule has 0 saturated heterocycles. The highest BCUT2D eigenvalue weighted by molar-refractivity contribution is 5.76. The molecule has 0 bridgehead atoms. The van der Waals surface area contributed by atoms with Crippen molar-refractivity contribution in [1.29, 1.82) is 0 Å². The highest BCUT2D eigenvalue weighted by Gasteiger charge is 2.15. The van der Waals surface area contributed by atoms with Crippen molar-refractivity contribution in [3.05, 3.63) is 24.3 Å². The molecular formula is C42H82N4O2. The van der Waals surface area contributed by atoms with Gasteiger partial charge in [0.05, 0.1) is 0 Å². The van der Waals surface area contributed by atoms with Crippen LogP contribution >= 0.6 is 0 Å². The van der Waals surface area contributed by atoms with Crippen LogP contribution in [0.4, 0.5) is 0 Å². The molecule has 2 amide bonds. The minimum atomic E-state index is -0.166. The number of carbonyl (C=O) groups is 2. The first-order valence-corrected chi connectivity index (χ1v) is 20.8. The molecule has 0 aliphatic heterocycles. The Kier molecular flexibility index (Phi) is 36.8. The molecule has 0 saturated carbocycles. The van der Waals surface area contributed by atoms with Crippen molar-refractivity contribution in [2.45, 2.75) is 194 Å². The van der Waals surface area contributed by atoms with E-state index in [1.165, 1.54) is 141 Å². The Balaban J connectivity index is 3.70. The van der Waals surface area contributed by atoms with Crippen molar-refractivity contribution in [2.75, 3.05) is 26.2 Å². The predicted molar refractivity (Wildman–Crippen MR) is 210 cm³/mol. The van der Waals surface area contributed by atoms with E-state index in [9.17, 15) is 9.59 Å². The van der Waals surface area contributed by atoms with Gasteiger partial charge >= 0.3 is 0 Å². The molecule has 6 nitrogen and oxygen atoms in total. The third kappa shape index (κ3) is 34.2. The van der Waals surface area contributed by atoms with Crippen molar-refractivity contribution in [3.8, 4) is 0 Å². The molecule has 48 heavy (non-hydrogen) atoms. The highest BCUT2D eigenvalue weighted by atomic mass is 16.1. The zero-order valence-corrected chi connectivity index (χ0v) is 32.1. The van der Waals surface area contributed by atoms with E-state index in [4.69, 9.17) is 11.5 Å². The van der Waals surface area contributed by atoms with Gasteiger partial charge in [-0.1, -0.05) is 141 Å². The molecule has 0 aromatic rings. The van der Waals surface area contributed by atoms with Crippen molar-refractivity contribution in [3.63, 3.8) is 0 Å². The van der Waals surface area contributed by atoms with Crippen LogP contribution in [-0.4, -0.2) is 38.0 Å². The topological polar surface area (TPSA) is 110 Å². The SMILES string of the molecule is CCCCCCCC/C=C\CCCCCCC(CCNCCNCCC(CCCCCC/C=C\CCCCCCCC)C(N)=O)C(N)=O. The van der Waals surface area contributed by atoms with Gasteiger partial charge in [0.1, 0.15) is 0 Å². The van der Waals surface area contributed by atoms with E-state index in [-0.39, 0.29) is 23.7 Å². The number of hydrogen-bond donors (Lipinski definition) is 4. The van der Waals surface area contributed by atoms with Crippen LogP contribution in [0.1, 0.15) is 194 Å². The van der Waals surface area contributed by atoms with Crippen molar-refractivity contribution >= 4 is 11.8 Å². The second-order valence-electron chi connectivity index (χ2n) is 14.3. The lowest BCUT2D eigenvalue weighted by Crippen LogP contribution is -2.33. The van der Waals surface area contributed by atoms with Crippen LogP contribution in [0.5, 0.6) is 0 Å². The van der Waals surface area contributed by atoms with E-state index in [1.807, 2.05) is 0 Å². The number of hydrogen-bond acceptors (Lipinski definition) is 4. The summed E-state index contributed by atoms with van der Waals surface area (Å²) in [5.74, 6) is -0.405. The maximum atomic E-state index is 11.9. The molecule has 6 heteroatoms. The van der Waals surface area contributed by atoms with Crippen LogP contribution in [0.15, 0.2) is 24.3 Å². The first kappa shape index (κ1) is 46.3. The number of nitrogens with one attached hydrogen (secondary N) is 2. The summed E-state index contributed by atoms with van der Waals surface area (Å²) in [5, 5.41) is 6.88. The third-order valence-corrected chi connectivity index (χ3v) is 9.75. The van der Waals surface area contributed by atoms with Crippen LogP contribution in [0, 0.1) is 11.8 Å². The van der Waals surface area contributed by atoms with Gasteiger partial charge in [0, 0.05) is 24.9 Å². The Morgan fingerprint density at radius 2 is 0.708 bits per heavy atom. The Labute approximate surface area is 298 Å². The van der Waals surface area contributed by atoms with Crippen LogP contribution in [0.2, 0.25) is 0 Å². The van der Waals surface area contributed by atoms with Gasteiger partial charge in [-0.25, -0.2) is 0 Å². The van der Waals surface area contributed by atoms with Gasteiger partial charge in [0.15, 0.2) is 0 Å². The number of unbranched alkanes of at least 4 members (excludes halogenated alkanes) is 20. The largest absolute Gasteiger partial charge is 0.369 e. The maximum absolute atomic E-state index is 11.9. The molecular weight excluding hydrogens is 592 g/mol. The quantitative estimate of drug-likeness (QED) is 0.0384. The van der Waals surface area contributed by atoms with Gasteiger partial charge in [-0.15, -0.1) is 0 Å². The van der Waals surface area contributed by atoms with Gasteiger partial charge in [-0.05, 0) is 90.1 Å². The average molecular weight is 675 g/mol. The summed E-state index contributed by atoms with van der Waals surface area (Å²) in [6.07, 6.45) is 43.4. The maximum Gasteiger partial charge on any atom is 0.220 e. The molecule has 0 aromatic carbocycles. The second-order valence-corrected chi connectivity index (χ2v) is 14.3. The van der Waals surface area contributed by atoms with Crippen molar-refractivity contribution < 1.29 is 9.59 Å². The molecule has 0 fully saturated rings. The lowest BCUT2D eigenvalue weighted by molar-refractivity contribution is -0.123. The van der Waals surface area contributed by atoms with Gasteiger partial charge in [0.25, 0.3) is 0 Å². The zero-order valence-electron chi connectivity index (χ0n) is 32.1. The second kappa shape index (κ2) is 38.1. The molecule has 0 radical (unpaired) electrons. The first-order valence-electron chi connectivity index (χ1n) is 20.8. The molecule has 0 heterocycles. The number of amides is 2. The lowest BCUT2D eigenvalue weighted by Gasteiger charge is -2.15. The van der Waals surface area contributed by atoms with Gasteiger partial charge in [0.2, 0.25) is 11.8 Å². The van der Waals surface area contributed by atoms with Crippen molar-refractivity contribution in [2.24, 2.45) is 23.3 Å². The lowest BCUT2D eigenvalue weighted by atomic mass is 9.96. The summed E-state index contributed by atoms with van der Waals surface area (Å²) >= 11 is 0. The van der Waals surface area contributed by atoms with E-state index < -0.39 is 0 Å². The summed E-state index contributed by atoms with van der Waals surface area (Å²) < 4.78 is 0. The van der Waals surface area contributed by atoms with E-state index in [0.29, 0.717) is 0 Å². The number of primary amides is 2. The predicted octanol–water partition coefficient (Wildman–Crippen LogP) is 10.4.